The average Bonchev–Trinajstić information content (AvgIpc) is 3.38. The topological polar surface area (TPSA) is 109 Å². The average molecular weight is 393 g/mol. The first kappa shape index (κ1) is 18.2. The summed E-state index contributed by atoms with van der Waals surface area (Å²) >= 11 is 0. The van der Waals surface area contributed by atoms with E-state index in [4.69, 9.17) is 9.15 Å². The smallest absolute Gasteiger partial charge is 0.373 e. The summed E-state index contributed by atoms with van der Waals surface area (Å²) in [5, 5.41) is 10.9. The second-order valence-electron chi connectivity index (χ2n) is 6.11. The Morgan fingerprint density at radius 2 is 1.93 bits per heavy atom. The van der Waals surface area contributed by atoms with Crippen molar-refractivity contribution < 1.29 is 23.6 Å². The second-order valence-corrected chi connectivity index (χ2v) is 6.11. The highest BCUT2D eigenvalue weighted by Crippen LogP contribution is 2.24. The summed E-state index contributed by atoms with van der Waals surface area (Å²) in [4.78, 5) is 26.3. The van der Waals surface area contributed by atoms with Crippen LogP contribution in [0.5, 0.6) is 5.75 Å². The lowest BCUT2D eigenvalue weighted by Crippen LogP contribution is -1.99. The van der Waals surface area contributed by atoms with E-state index < -0.39 is 10.9 Å². The highest BCUT2D eigenvalue weighted by molar-refractivity contribution is 5.86. The van der Waals surface area contributed by atoms with Crippen LogP contribution in [0.1, 0.15) is 16.3 Å². The number of hydrogen-bond donors (Lipinski definition) is 0. The number of furan rings is 1. The van der Waals surface area contributed by atoms with Crippen molar-refractivity contribution in [2.45, 2.75) is 6.61 Å². The number of nitrogens with zero attached hydrogens (tertiary/aromatic N) is 3. The van der Waals surface area contributed by atoms with Gasteiger partial charge in [0, 0.05) is 17.8 Å². The predicted octanol–water partition coefficient (Wildman–Crippen LogP) is 3.87. The number of fused-ring (bicyclic) bond motifs is 1. The maximum Gasteiger partial charge on any atom is 0.373 e. The van der Waals surface area contributed by atoms with E-state index in [0.29, 0.717) is 22.9 Å². The Hall–Kier alpha value is -4.14. The number of hydrogen-bond acceptors (Lipinski definition) is 7. The number of carbonyl (C=O) groups is 1. The maximum atomic E-state index is 11.4. The number of esters is 1. The first-order chi connectivity index (χ1) is 14.0. The molecule has 0 atom stereocenters. The van der Waals surface area contributed by atoms with Gasteiger partial charge >= 0.3 is 5.97 Å². The molecule has 0 bridgehead atoms. The van der Waals surface area contributed by atoms with Gasteiger partial charge in [0.15, 0.2) is 0 Å². The zero-order chi connectivity index (χ0) is 20.4. The standard InChI is InChI=1S/C20H15N3O6/c1-27-20(24)18-8-7-16(29-18)12-28-15-5-2-13(3-6-15)17-11-22-10-14(23(25)26)4-9-19(22)21-17/h2-11H,12H2,1H3. The Kier molecular flexibility index (Phi) is 4.70. The first-order valence-corrected chi connectivity index (χ1v) is 8.57. The van der Waals surface area contributed by atoms with Gasteiger partial charge in [-0.05, 0) is 42.5 Å². The molecule has 0 fully saturated rings. The molecule has 0 aliphatic carbocycles. The van der Waals surface area contributed by atoms with E-state index in [1.807, 2.05) is 12.1 Å². The molecule has 0 unspecified atom stereocenters. The minimum atomic E-state index is -0.543. The molecular weight excluding hydrogens is 378 g/mol. The third-order valence-corrected chi connectivity index (χ3v) is 4.23. The van der Waals surface area contributed by atoms with Gasteiger partial charge in [0.1, 0.15) is 23.8 Å². The van der Waals surface area contributed by atoms with Crippen LogP contribution in [0.4, 0.5) is 5.69 Å². The molecule has 3 aromatic heterocycles. The number of imidazole rings is 1. The first-order valence-electron chi connectivity index (χ1n) is 8.57. The fraction of sp³-hybridized carbons (Fsp3) is 0.100. The summed E-state index contributed by atoms with van der Waals surface area (Å²) in [6.45, 7) is 0.161. The molecule has 0 aliphatic heterocycles. The van der Waals surface area contributed by atoms with Gasteiger partial charge in [-0.2, -0.15) is 0 Å². The summed E-state index contributed by atoms with van der Waals surface area (Å²) in [6, 6.07) is 13.4. The molecule has 3 heterocycles. The van der Waals surface area contributed by atoms with Crippen molar-refractivity contribution in [1.29, 1.82) is 0 Å². The van der Waals surface area contributed by atoms with E-state index in [0.717, 1.165) is 5.56 Å². The van der Waals surface area contributed by atoms with Crippen LogP contribution in [0.25, 0.3) is 16.9 Å². The van der Waals surface area contributed by atoms with Crippen LogP contribution in [-0.2, 0) is 11.3 Å². The summed E-state index contributed by atoms with van der Waals surface area (Å²) in [5.41, 5.74) is 2.14. The lowest BCUT2D eigenvalue weighted by atomic mass is 10.2. The van der Waals surface area contributed by atoms with Gasteiger partial charge in [0.05, 0.1) is 23.9 Å². The van der Waals surface area contributed by atoms with Gasteiger partial charge in [-0.3, -0.25) is 14.5 Å². The summed E-state index contributed by atoms with van der Waals surface area (Å²) in [5.74, 6) is 0.688. The number of rotatable bonds is 6. The zero-order valence-corrected chi connectivity index (χ0v) is 15.3. The third kappa shape index (κ3) is 3.79. The Balaban J connectivity index is 1.46. The number of pyridine rings is 1. The van der Waals surface area contributed by atoms with Crippen molar-refractivity contribution in [3.8, 4) is 17.0 Å². The van der Waals surface area contributed by atoms with Crippen LogP contribution in [0.2, 0.25) is 0 Å². The quantitative estimate of drug-likeness (QED) is 0.278. The number of aromatic nitrogens is 2. The van der Waals surface area contributed by atoms with Crippen molar-refractivity contribution >= 4 is 17.3 Å². The molecule has 29 heavy (non-hydrogen) atoms. The van der Waals surface area contributed by atoms with Gasteiger partial charge in [-0.25, -0.2) is 9.78 Å². The third-order valence-electron chi connectivity index (χ3n) is 4.23. The van der Waals surface area contributed by atoms with E-state index in [2.05, 4.69) is 9.72 Å². The van der Waals surface area contributed by atoms with Crippen LogP contribution in [0.15, 0.2) is 65.3 Å². The molecule has 0 aliphatic rings. The van der Waals surface area contributed by atoms with Gasteiger partial charge in [-0.1, -0.05) is 0 Å². The molecular formula is C20H15N3O6. The summed E-state index contributed by atoms with van der Waals surface area (Å²) < 4.78 is 17.2. The molecule has 4 aromatic rings. The molecule has 0 amide bonds. The number of methoxy groups -OCH3 is 1. The Labute approximate surface area is 164 Å². The normalized spacial score (nSPS) is 10.8. The minimum absolute atomic E-state index is 0.00141. The van der Waals surface area contributed by atoms with Crippen LogP contribution < -0.4 is 4.74 Å². The van der Waals surface area contributed by atoms with E-state index in [1.54, 1.807) is 34.9 Å². The van der Waals surface area contributed by atoms with E-state index in [9.17, 15) is 14.9 Å². The SMILES string of the molecule is COC(=O)c1ccc(COc2ccc(-c3cn4cc([N+](=O)[O-])ccc4n3)cc2)o1. The molecule has 9 nitrogen and oxygen atoms in total. The molecule has 0 N–H and O–H groups in total. The molecule has 0 spiro atoms. The molecule has 0 saturated carbocycles. The number of nitro groups is 1. The Morgan fingerprint density at radius 3 is 2.66 bits per heavy atom. The molecule has 146 valence electrons. The van der Waals surface area contributed by atoms with Gasteiger partial charge in [0.2, 0.25) is 5.76 Å². The maximum absolute atomic E-state index is 11.4. The fourth-order valence-corrected chi connectivity index (χ4v) is 2.77. The summed E-state index contributed by atoms with van der Waals surface area (Å²) in [7, 11) is 1.28. The molecule has 4 rings (SSSR count). The minimum Gasteiger partial charge on any atom is -0.486 e. The molecule has 9 heteroatoms. The van der Waals surface area contributed by atoms with Crippen LogP contribution >= 0.6 is 0 Å². The van der Waals surface area contributed by atoms with Gasteiger partial charge in [-0.15, -0.1) is 0 Å². The highest BCUT2D eigenvalue weighted by Gasteiger charge is 2.12. The van der Waals surface area contributed by atoms with Crippen molar-refractivity contribution in [2.75, 3.05) is 7.11 Å². The second kappa shape index (κ2) is 7.47. The number of ether oxygens (including phenoxy) is 2. The Bertz CT molecular complexity index is 1190. The van der Waals surface area contributed by atoms with Crippen LogP contribution in [0.3, 0.4) is 0 Å². The lowest BCUT2D eigenvalue weighted by molar-refractivity contribution is -0.385. The van der Waals surface area contributed by atoms with Crippen LogP contribution in [0, 0.1) is 10.1 Å². The zero-order valence-electron chi connectivity index (χ0n) is 15.3. The molecule has 0 saturated heterocycles. The molecule has 1 aromatic carbocycles. The highest BCUT2D eigenvalue weighted by atomic mass is 16.6. The number of carbonyl (C=O) groups excluding carboxylic acids is 1. The van der Waals surface area contributed by atoms with Crippen molar-refractivity contribution in [3.63, 3.8) is 0 Å². The molecule has 0 radical (unpaired) electrons. The largest absolute Gasteiger partial charge is 0.486 e. The lowest BCUT2D eigenvalue weighted by Gasteiger charge is -2.05. The van der Waals surface area contributed by atoms with Crippen molar-refractivity contribution in [3.05, 3.63) is 82.6 Å². The van der Waals surface area contributed by atoms with E-state index >= 15 is 0 Å². The van der Waals surface area contributed by atoms with Crippen molar-refractivity contribution in [1.82, 2.24) is 9.38 Å². The fourth-order valence-electron chi connectivity index (χ4n) is 2.77. The van der Waals surface area contributed by atoms with Crippen molar-refractivity contribution in [2.24, 2.45) is 0 Å². The van der Waals surface area contributed by atoms with Gasteiger partial charge < -0.3 is 13.9 Å². The summed E-state index contributed by atoms with van der Waals surface area (Å²) in [6.07, 6.45) is 3.16. The monoisotopic (exact) mass is 393 g/mol. The number of benzene rings is 1. The van der Waals surface area contributed by atoms with Gasteiger partial charge in [0.25, 0.3) is 5.69 Å². The van der Waals surface area contributed by atoms with Crippen LogP contribution in [-0.4, -0.2) is 27.4 Å². The Morgan fingerprint density at radius 1 is 1.14 bits per heavy atom. The van der Waals surface area contributed by atoms with E-state index in [-0.39, 0.29) is 18.1 Å². The van der Waals surface area contributed by atoms with E-state index in [1.165, 1.54) is 25.4 Å². The predicted molar refractivity (Wildman–Crippen MR) is 102 cm³/mol.